The van der Waals surface area contributed by atoms with E-state index in [0.29, 0.717) is 0 Å². The van der Waals surface area contributed by atoms with Gasteiger partial charge in [-0.2, -0.15) is 0 Å². The summed E-state index contributed by atoms with van der Waals surface area (Å²) >= 11 is 0. The molecule has 1 aliphatic heterocycles. The van der Waals surface area contributed by atoms with Gasteiger partial charge in [-0.15, -0.1) is 24.0 Å². The number of nitrogens with zero attached hydrogens (tertiary/aromatic N) is 3. The molecule has 0 aromatic heterocycles. The van der Waals surface area contributed by atoms with Gasteiger partial charge in [-0.3, -0.25) is 4.99 Å². The van der Waals surface area contributed by atoms with Crippen molar-refractivity contribution in [1.82, 2.24) is 15.1 Å². The van der Waals surface area contributed by atoms with Gasteiger partial charge in [-0.05, 0) is 50.6 Å². The van der Waals surface area contributed by atoms with Gasteiger partial charge >= 0.3 is 0 Å². The number of hydrogen-bond donors (Lipinski definition) is 1. The van der Waals surface area contributed by atoms with Crippen LogP contribution in [-0.2, 0) is 0 Å². The number of methoxy groups -OCH3 is 1. The zero-order chi connectivity index (χ0) is 17.5. The quantitative estimate of drug-likeness (QED) is 0.416. The Labute approximate surface area is 169 Å². The van der Waals surface area contributed by atoms with Crippen LogP contribution in [0.15, 0.2) is 29.3 Å². The fourth-order valence-corrected chi connectivity index (χ4v) is 3.19. The smallest absolute Gasteiger partial charge is 0.193 e. The maximum Gasteiger partial charge on any atom is 0.193 e. The van der Waals surface area contributed by atoms with Gasteiger partial charge in [0.2, 0.25) is 0 Å². The molecule has 1 heterocycles. The van der Waals surface area contributed by atoms with E-state index in [9.17, 15) is 0 Å². The number of piperidine rings is 1. The van der Waals surface area contributed by atoms with E-state index >= 15 is 0 Å². The Hall–Kier alpha value is -1.02. The summed E-state index contributed by atoms with van der Waals surface area (Å²) in [4.78, 5) is 9.09. The molecule has 1 atom stereocenters. The van der Waals surface area contributed by atoms with Crippen LogP contribution in [0.5, 0.6) is 5.75 Å². The van der Waals surface area contributed by atoms with E-state index in [1.165, 1.54) is 18.4 Å². The highest BCUT2D eigenvalue weighted by Gasteiger charge is 2.20. The van der Waals surface area contributed by atoms with Gasteiger partial charge in [0, 0.05) is 26.7 Å². The summed E-state index contributed by atoms with van der Waals surface area (Å²) in [5, 5.41) is 3.56. The van der Waals surface area contributed by atoms with Crippen molar-refractivity contribution in [2.24, 2.45) is 10.9 Å². The molecule has 0 radical (unpaired) electrons. The highest BCUT2D eigenvalue weighted by molar-refractivity contribution is 14.0. The predicted octanol–water partition coefficient (Wildman–Crippen LogP) is 3.22. The Morgan fingerprint density at radius 2 is 2.04 bits per heavy atom. The molecule has 2 rings (SSSR count). The molecule has 0 spiro atoms. The van der Waals surface area contributed by atoms with E-state index in [2.05, 4.69) is 53.3 Å². The molecule has 0 saturated carbocycles. The second-order valence-corrected chi connectivity index (χ2v) is 6.85. The van der Waals surface area contributed by atoms with Crippen molar-refractivity contribution in [3.8, 4) is 5.75 Å². The zero-order valence-electron chi connectivity index (χ0n) is 16.2. The largest absolute Gasteiger partial charge is 0.497 e. The summed E-state index contributed by atoms with van der Waals surface area (Å²) < 4.78 is 5.37. The minimum atomic E-state index is 0. The van der Waals surface area contributed by atoms with Crippen molar-refractivity contribution in [1.29, 1.82) is 0 Å². The molecule has 1 fully saturated rings. The lowest BCUT2D eigenvalue weighted by molar-refractivity contribution is 0.264. The zero-order valence-corrected chi connectivity index (χ0v) is 18.5. The number of rotatable bonds is 5. The summed E-state index contributed by atoms with van der Waals surface area (Å²) in [6.07, 6.45) is 2.49. The minimum absolute atomic E-state index is 0. The van der Waals surface area contributed by atoms with Gasteiger partial charge in [0.1, 0.15) is 5.75 Å². The fourth-order valence-electron chi connectivity index (χ4n) is 3.19. The maximum atomic E-state index is 5.37. The molecular formula is C19H33IN4O. The average molecular weight is 460 g/mol. The van der Waals surface area contributed by atoms with E-state index in [4.69, 9.17) is 4.74 Å². The fraction of sp³-hybridized carbons (Fsp3) is 0.632. The first-order valence-electron chi connectivity index (χ1n) is 8.81. The topological polar surface area (TPSA) is 40.1 Å². The second kappa shape index (κ2) is 10.9. The summed E-state index contributed by atoms with van der Waals surface area (Å²) in [5.41, 5.74) is 1.24. The molecule has 1 aromatic rings. The van der Waals surface area contributed by atoms with Gasteiger partial charge < -0.3 is 19.9 Å². The third-order valence-electron chi connectivity index (χ3n) is 4.85. The number of guanidine groups is 1. The van der Waals surface area contributed by atoms with E-state index < -0.39 is 0 Å². The predicted molar refractivity (Wildman–Crippen MR) is 116 cm³/mol. The molecule has 0 bridgehead atoms. The Morgan fingerprint density at radius 3 is 2.60 bits per heavy atom. The number of hydrogen-bond acceptors (Lipinski definition) is 3. The van der Waals surface area contributed by atoms with E-state index in [0.717, 1.165) is 37.3 Å². The molecule has 1 unspecified atom stereocenters. The molecule has 142 valence electrons. The van der Waals surface area contributed by atoms with Crippen LogP contribution in [0.1, 0.15) is 31.4 Å². The van der Waals surface area contributed by atoms with Crippen molar-refractivity contribution in [2.75, 3.05) is 47.9 Å². The van der Waals surface area contributed by atoms with Crippen LogP contribution >= 0.6 is 24.0 Å². The van der Waals surface area contributed by atoms with Crippen LogP contribution in [0.3, 0.4) is 0 Å². The van der Waals surface area contributed by atoms with Crippen molar-refractivity contribution < 1.29 is 4.74 Å². The molecule has 5 nitrogen and oxygen atoms in total. The second-order valence-electron chi connectivity index (χ2n) is 6.85. The third kappa shape index (κ3) is 6.33. The average Bonchev–Trinajstić information content (AvgIpc) is 2.59. The summed E-state index contributed by atoms with van der Waals surface area (Å²) in [6, 6.07) is 8.56. The van der Waals surface area contributed by atoms with Crippen LogP contribution < -0.4 is 10.1 Å². The lowest BCUT2D eigenvalue weighted by Gasteiger charge is -2.34. The number of likely N-dealkylation sites (tertiary alicyclic amines) is 1. The lowest BCUT2D eigenvalue weighted by atomic mass is 9.99. The normalized spacial score (nSPS) is 17.2. The standard InChI is InChI=1S/C19H32N4O.HI/c1-15-9-11-23(12-10-15)19(20-2)21-14-18(22(3)4)16-7-6-8-17(13-16)24-5;/h6-8,13,15,18H,9-12,14H2,1-5H3,(H,20,21);1H. The van der Waals surface area contributed by atoms with Gasteiger partial charge in [-0.1, -0.05) is 19.1 Å². The summed E-state index contributed by atoms with van der Waals surface area (Å²) in [7, 11) is 7.80. The molecule has 25 heavy (non-hydrogen) atoms. The van der Waals surface area contributed by atoms with Crippen molar-refractivity contribution in [3.05, 3.63) is 29.8 Å². The van der Waals surface area contributed by atoms with E-state index in [1.807, 2.05) is 19.2 Å². The molecule has 1 aliphatic rings. The maximum absolute atomic E-state index is 5.37. The van der Waals surface area contributed by atoms with Crippen molar-refractivity contribution >= 4 is 29.9 Å². The minimum Gasteiger partial charge on any atom is -0.497 e. The van der Waals surface area contributed by atoms with Crippen LogP contribution in [0.25, 0.3) is 0 Å². The third-order valence-corrected chi connectivity index (χ3v) is 4.85. The Morgan fingerprint density at radius 1 is 1.36 bits per heavy atom. The Balaban J connectivity index is 0.00000312. The first kappa shape index (κ1) is 22.0. The van der Waals surface area contributed by atoms with Crippen LogP contribution in [0.2, 0.25) is 0 Å². The first-order valence-corrected chi connectivity index (χ1v) is 8.81. The van der Waals surface area contributed by atoms with Crippen LogP contribution in [-0.4, -0.2) is 63.6 Å². The summed E-state index contributed by atoms with van der Waals surface area (Å²) in [5.74, 6) is 2.73. The molecule has 1 saturated heterocycles. The van der Waals surface area contributed by atoms with Gasteiger partial charge in [0.25, 0.3) is 0 Å². The number of ether oxygens (including phenoxy) is 1. The highest BCUT2D eigenvalue weighted by atomic mass is 127. The molecular weight excluding hydrogens is 427 g/mol. The van der Waals surface area contributed by atoms with Crippen molar-refractivity contribution in [2.45, 2.75) is 25.8 Å². The Bertz CT molecular complexity index is 542. The van der Waals surface area contributed by atoms with E-state index in [-0.39, 0.29) is 30.0 Å². The Kier molecular flexibility index (Phi) is 9.56. The van der Waals surface area contributed by atoms with Crippen LogP contribution in [0.4, 0.5) is 0 Å². The molecule has 0 amide bonds. The molecule has 1 N–H and O–H groups in total. The van der Waals surface area contributed by atoms with Gasteiger partial charge in [0.15, 0.2) is 5.96 Å². The van der Waals surface area contributed by atoms with E-state index in [1.54, 1.807) is 7.11 Å². The first-order chi connectivity index (χ1) is 11.5. The number of likely N-dealkylation sites (N-methyl/N-ethyl adjacent to an activating group) is 1. The van der Waals surface area contributed by atoms with Gasteiger partial charge in [0.05, 0.1) is 13.2 Å². The highest BCUT2D eigenvalue weighted by Crippen LogP contribution is 2.22. The number of benzene rings is 1. The molecule has 1 aromatic carbocycles. The monoisotopic (exact) mass is 460 g/mol. The van der Waals surface area contributed by atoms with Gasteiger partial charge in [-0.25, -0.2) is 0 Å². The molecule has 6 heteroatoms. The summed E-state index contributed by atoms with van der Waals surface area (Å²) in [6.45, 7) is 5.33. The SMILES string of the molecule is CN=C(NCC(c1cccc(OC)c1)N(C)C)N1CCC(C)CC1.I. The number of aliphatic imine (C=N–C) groups is 1. The number of nitrogens with one attached hydrogen (secondary N) is 1. The lowest BCUT2D eigenvalue weighted by Crippen LogP contribution is -2.47. The van der Waals surface area contributed by atoms with Crippen molar-refractivity contribution in [3.63, 3.8) is 0 Å². The number of halogens is 1. The molecule has 0 aliphatic carbocycles. The van der Waals surface area contributed by atoms with Crippen LogP contribution in [0, 0.1) is 5.92 Å².